The Bertz CT molecular complexity index is 99.9. The summed E-state index contributed by atoms with van der Waals surface area (Å²) in [5.41, 5.74) is 0. The Morgan fingerprint density at radius 2 is 2.00 bits per heavy atom. The number of ether oxygens (including phenoxy) is 2. The fourth-order valence-electron chi connectivity index (χ4n) is 0.760. The van der Waals surface area contributed by atoms with Gasteiger partial charge in [0.15, 0.2) is 0 Å². The van der Waals surface area contributed by atoms with E-state index in [0.717, 1.165) is 0 Å². The summed E-state index contributed by atoms with van der Waals surface area (Å²) in [5.74, 6) is 0. The number of halogens is 2. The van der Waals surface area contributed by atoms with Crippen LogP contribution in [0, 0.1) is 0 Å². The van der Waals surface area contributed by atoms with E-state index in [9.17, 15) is 8.78 Å². The summed E-state index contributed by atoms with van der Waals surface area (Å²) >= 11 is 0. The maximum atomic E-state index is 11.8. The van der Waals surface area contributed by atoms with E-state index in [2.05, 4.69) is 0 Å². The monoisotopic (exact) mass is 152 g/mol. The second-order valence-corrected chi connectivity index (χ2v) is 2.35. The topological polar surface area (TPSA) is 18.5 Å². The molecule has 0 spiro atoms. The Morgan fingerprint density at radius 3 is 2.40 bits per heavy atom. The molecule has 1 saturated heterocycles. The highest BCUT2D eigenvalue weighted by Gasteiger charge is 2.26. The summed E-state index contributed by atoms with van der Waals surface area (Å²) in [6.07, 6.45) is -3.49. The van der Waals surface area contributed by atoms with Gasteiger partial charge < -0.3 is 9.47 Å². The van der Waals surface area contributed by atoms with Gasteiger partial charge in [-0.15, -0.1) is 0 Å². The van der Waals surface area contributed by atoms with E-state index >= 15 is 0 Å². The van der Waals surface area contributed by atoms with E-state index in [4.69, 9.17) is 9.47 Å². The van der Waals surface area contributed by atoms with Gasteiger partial charge in [0.25, 0.3) is 6.43 Å². The fraction of sp³-hybridized carbons (Fsp3) is 1.00. The lowest BCUT2D eigenvalue weighted by Gasteiger charge is -2.26. The van der Waals surface area contributed by atoms with E-state index in [1.54, 1.807) is 6.92 Å². The van der Waals surface area contributed by atoms with Crippen molar-refractivity contribution in [2.24, 2.45) is 0 Å². The summed E-state index contributed by atoms with van der Waals surface area (Å²) in [6, 6.07) is 0. The van der Waals surface area contributed by atoms with Crippen LogP contribution in [0.4, 0.5) is 8.78 Å². The summed E-state index contributed by atoms with van der Waals surface area (Å²) in [5, 5.41) is 0. The van der Waals surface area contributed by atoms with Gasteiger partial charge in [0.05, 0.1) is 19.3 Å². The lowest BCUT2D eigenvalue weighted by Crippen LogP contribution is -2.38. The van der Waals surface area contributed by atoms with Gasteiger partial charge in [-0.1, -0.05) is 0 Å². The van der Waals surface area contributed by atoms with Crippen LogP contribution in [0.5, 0.6) is 0 Å². The molecular weight excluding hydrogens is 142 g/mol. The van der Waals surface area contributed by atoms with Crippen LogP contribution >= 0.6 is 0 Å². The third-order valence-electron chi connectivity index (χ3n) is 1.37. The molecule has 0 N–H and O–H groups in total. The van der Waals surface area contributed by atoms with Gasteiger partial charge in [-0.05, 0) is 6.92 Å². The zero-order valence-corrected chi connectivity index (χ0v) is 5.72. The van der Waals surface area contributed by atoms with Gasteiger partial charge in [-0.25, -0.2) is 8.78 Å². The van der Waals surface area contributed by atoms with E-state index in [1.807, 2.05) is 0 Å². The van der Waals surface area contributed by atoms with Crippen molar-refractivity contribution in [1.82, 2.24) is 0 Å². The first-order valence-corrected chi connectivity index (χ1v) is 3.21. The first-order valence-electron chi connectivity index (χ1n) is 3.21. The Labute approximate surface area is 58.1 Å². The third-order valence-corrected chi connectivity index (χ3v) is 1.37. The molecule has 2 unspecified atom stereocenters. The second kappa shape index (κ2) is 3.25. The Balaban J connectivity index is 2.26. The Hall–Kier alpha value is -0.220. The predicted octanol–water partition coefficient (Wildman–Crippen LogP) is 1.06. The maximum absolute atomic E-state index is 11.8. The summed E-state index contributed by atoms with van der Waals surface area (Å²) in [4.78, 5) is 0. The zero-order valence-electron chi connectivity index (χ0n) is 5.72. The zero-order chi connectivity index (χ0) is 7.56. The highest BCUT2D eigenvalue weighted by Crippen LogP contribution is 2.12. The average Bonchev–Trinajstić information content (AvgIpc) is 1.88. The molecule has 1 fully saturated rings. The molecule has 10 heavy (non-hydrogen) atoms. The van der Waals surface area contributed by atoms with Crippen molar-refractivity contribution in [2.75, 3.05) is 13.2 Å². The standard InChI is InChI=1S/C6H10F2O2/c1-4-2-10-5(3-9-4)6(7)8/h4-6H,2-3H2,1H3. The molecule has 1 rings (SSSR count). The highest BCUT2D eigenvalue weighted by atomic mass is 19.3. The molecule has 1 aliphatic rings. The van der Waals surface area contributed by atoms with E-state index in [0.29, 0.717) is 0 Å². The van der Waals surface area contributed by atoms with E-state index in [1.165, 1.54) is 0 Å². The minimum absolute atomic E-state index is 0.0127. The Morgan fingerprint density at radius 1 is 1.30 bits per heavy atom. The van der Waals surface area contributed by atoms with Crippen molar-refractivity contribution < 1.29 is 18.3 Å². The first kappa shape index (κ1) is 7.88. The minimum atomic E-state index is -2.42. The van der Waals surface area contributed by atoms with Crippen molar-refractivity contribution >= 4 is 0 Å². The van der Waals surface area contributed by atoms with Crippen molar-refractivity contribution in [2.45, 2.75) is 25.6 Å². The molecule has 0 saturated carbocycles. The van der Waals surface area contributed by atoms with Crippen LogP contribution in [0.1, 0.15) is 6.92 Å². The molecule has 0 bridgehead atoms. The summed E-state index contributed by atoms with van der Waals surface area (Å²) in [6.45, 7) is 2.08. The summed E-state index contributed by atoms with van der Waals surface area (Å²) < 4.78 is 33.4. The molecule has 0 radical (unpaired) electrons. The number of alkyl halides is 2. The molecule has 0 aromatic carbocycles. The first-order chi connectivity index (χ1) is 4.70. The van der Waals surface area contributed by atoms with Gasteiger partial charge in [0.2, 0.25) is 0 Å². The van der Waals surface area contributed by atoms with Gasteiger partial charge >= 0.3 is 0 Å². The highest BCUT2D eigenvalue weighted by molar-refractivity contribution is 4.66. The molecule has 1 heterocycles. The predicted molar refractivity (Wildman–Crippen MR) is 31.2 cm³/mol. The van der Waals surface area contributed by atoms with Crippen LogP contribution in [0.15, 0.2) is 0 Å². The molecule has 0 aliphatic carbocycles. The van der Waals surface area contributed by atoms with Crippen molar-refractivity contribution in [1.29, 1.82) is 0 Å². The maximum Gasteiger partial charge on any atom is 0.266 e. The lowest BCUT2D eigenvalue weighted by molar-refractivity contribution is -0.169. The third kappa shape index (κ3) is 1.88. The number of rotatable bonds is 1. The molecule has 0 amide bonds. The fourth-order valence-corrected chi connectivity index (χ4v) is 0.760. The van der Waals surface area contributed by atoms with Crippen LogP contribution in [-0.4, -0.2) is 31.8 Å². The van der Waals surface area contributed by atoms with Crippen LogP contribution < -0.4 is 0 Å². The van der Waals surface area contributed by atoms with E-state index < -0.39 is 12.5 Å². The van der Waals surface area contributed by atoms with Crippen molar-refractivity contribution in [3.63, 3.8) is 0 Å². The number of hydrogen-bond donors (Lipinski definition) is 0. The normalized spacial score (nSPS) is 34.8. The Kier molecular flexibility index (Phi) is 2.56. The molecule has 60 valence electrons. The van der Waals surface area contributed by atoms with Crippen LogP contribution in [0.25, 0.3) is 0 Å². The summed E-state index contributed by atoms with van der Waals surface area (Å²) in [7, 11) is 0. The molecule has 0 aromatic heterocycles. The minimum Gasteiger partial charge on any atom is -0.373 e. The number of hydrogen-bond acceptors (Lipinski definition) is 2. The average molecular weight is 152 g/mol. The molecule has 2 nitrogen and oxygen atoms in total. The van der Waals surface area contributed by atoms with Gasteiger partial charge in [0.1, 0.15) is 6.10 Å². The van der Waals surface area contributed by atoms with Crippen LogP contribution in [0.2, 0.25) is 0 Å². The second-order valence-electron chi connectivity index (χ2n) is 2.35. The van der Waals surface area contributed by atoms with Crippen LogP contribution in [0.3, 0.4) is 0 Å². The molecule has 1 aliphatic heterocycles. The van der Waals surface area contributed by atoms with Crippen molar-refractivity contribution in [3.05, 3.63) is 0 Å². The SMILES string of the molecule is CC1COC(C(F)F)CO1. The van der Waals surface area contributed by atoms with E-state index in [-0.39, 0.29) is 19.3 Å². The molecule has 2 atom stereocenters. The largest absolute Gasteiger partial charge is 0.373 e. The molecular formula is C6H10F2O2. The van der Waals surface area contributed by atoms with Crippen LogP contribution in [-0.2, 0) is 9.47 Å². The molecule has 0 aromatic rings. The molecule has 4 heteroatoms. The van der Waals surface area contributed by atoms with Gasteiger partial charge in [-0.2, -0.15) is 0 Å². The van der Waals surface area contributed by atoms with Gasteiger partial charge in [0, 0.05) is 0 Å². The van der Waals surface area contributed by atoms with Gasteiger partial charge in [-0.3, -0.25) is 0 Å². The van der Waals surface area contributed by atoms with Crippen molar-refractivity contribution in [3.8, 4) is 0 Å². The smallest absolute Gasteiger partial charge is 0.266 e. The quantitative estimate of drug-likeness (QED) is 0.559. The lowest BCUT2D eigenvalue weighted by atomic mass is 10.3.